The van der Waals surface area contributed by atoms with E-state index in [1.807, 2.05) is 24.3 Å². The lowest BCUT2D eigenvalue weighted by Crippen LogP contribution is -2.37. The molecule has 0 bridgehead atoms. The summed E-state index contributed by atoms with van der Waals surface area (Å²) in [5.41, 5.74) is 1.68. The van der Waals surface area contributed by atoms with Gasteiger partial charge in [0.1, 0.15) is 18.5 Å². The van der Waals surface area contributed by atoms with E-state index in [2.05, 4.69) is 30.9 Å². The number of benzene rings is 2. The molecule has 9 heteroatoms. The van der Waals surface area contributed by atoms with Gasteiger partial charge in [-0.2, -0.15) is 0 Å². The third kappa shape index (κ3) is 8.15. The molecule has 1 fully saturated rings. The van der Waals surface area contributed by atoms with Crippen LogP contribution in [0.5, 0.6) is 11.5 Å². The molecule has 2 aromatic carbocycles. The summed E-state index contributed by atoms with van der Waals surface area (Å²) in [7, 11) is 0. The molecule has 0 spiro atoms. The van der Waals surface area contributed by atoms with Crippen molar-refractivity contribution in [3.63, 3.8) is 0 Å². The predicted octanol–water partition coefficient (Wildman–Crippen LogP) is 5.97. The Hall–Kier alpha value is -1.70. The maximum absolute atomic E-state index is 11.2. The molecule has 3 rings (SSSR count). The SMILES string of the molecule is CC(=O)OC(CCl)COc1c(Cl)cc(C(C)(C)c2ccc(OCCCN3CCOCC3)cc2)cc1Cl. The minimum atomic E-state index is -0.590. The molecule has 0 radical (unpaired) electrons. The summed E-state index contributed by atoms with van der Waals surface area (Å²) in [6.45, 7) is 10.9. The molecular weight excluding hydrogens is 525 g/mol. The number of hydrogen-bond donors (Lipinski definition) is 0. The van der Waals surface area contributed by atoms with Crippen molar-refractivity contribution in [2.75, 3.05) is 51.9 Å². The smallest absolute Gasteiger partial charge is 0.303 e. The van der Waals surface area contributed by atoms with E-state index in [9.17, 15) is 4.79 Å². The Kier molecular flexibility index (Phi) is 11.0. The zero-order valence-corrected chi connectivity index (χ0v) is 23.3. The summed E-state index contributed by atoms with van der Waals surface area (Å²) in [6, 6.07) is 11.8. The quantitative estimate of drug-likeness (QED) is 0.182. The summed E-state index contributed by atoms with van der Waals surface area (Å²) in [4.78, 5) is 13.6. The van der Waals surface area contributed by atoms with Gasteiger partial charge in [-0.15, -0.1) is 11.6 Å². The second-order valence-electron chi connectivity index (χ2n) is 9.27. The Labute approximate surface area is 228 Å². The number of hydrogen-bond acceptors (Lipinski definition) is 6. The second kappa shape index (κ2) is 13.7. The van der Waals surface area contributed by atoms with Gasteiger partial charge in [0.15, 0.2) is 5.75 Å². The maximum Gasteiger partial charge on any atom is 0.303 e. The molecule has 0 saturated carbocycles. The van der Waals surface area contributed by atoms with E-state index in [4.69, 9.17) is 53.8 Å². The fourth-order valence-corrected chi connectivity index (χ4v) is 4.77. The number of esters is 1. The molecule has 1 aliphatic heterocycles. The average molecular weight is 559 g/mol. The highest BCUT2D eigenvalue weighted by atomic mass is 35.5. The average Bonchev–Trinajstić information content (AvgIpc) is 2.86. The Morgan fingerprint density at radius 1 is 1.06 bits per heavy atom. The van der Waals surface area contributed by atoms with Gasteiger partial charge in [0.25, 0.3) is 0 Å². The van der Waals surface area contributed by atoms with Gasteiger partial charge in [-0.05, 0) is 41.8 Å². The van der Waals surface area contributed by atoms with Gasteiger partial charge in [0.2, 0.25) is 0 Å². The second-order valence-corrected chi connectivity index (χ2v) is 10.4. The van der Waals surface area contributed by atoms with Gasteiger partial charge in [-0.3, -0.25) is 9.69 Å². The van der Waals surface area contributed by atoms with E-state index in [0.29, 0.717) is 22.4 Å². The van der Waals surface area contributed by atoms with E-state index in [0.717, 1.165) is 56.1 Å². The molecule has 1 atom stereocenters. The molecule has 1 aliphatic rings. The molecule has 0 amide bonds. The van der Waals surface area contributed by atoms with Crippen molar-refractivity contribution < 1.29 is 23.7 Å². The van der Waals surface area contributed by atoms with Crippen molar-refractivity contribution in [1.82, 2.24) is 4.90 Å². The van der Waals surface area contributed by atoms with Crippen LogP contribution >= 0.6 is 34.8 Å². The minimum Gasteiger partial charge on any atom is -0.494 e. The summed E-state index contributed by atoms with van der Waals surface area (Å²) < 4.78 is 22.2. The first-order valence-corrected chi connectivity index (χ1v) is 13.4. The largest absolute Gasteiger partial charge is 0.494 e. The van der Waals surface area contributed by atoms with Crippen LogP contribution in [0.2, 0.25) is 10.0 Å². The third-order valence-corrected chi connectivity index (χ3v) is 7.11. The van der Waals surface area contributed by atoms with Gasteiger partial charge < -0.3 is 18.9 Å². The summed E-state index contributed by atoms with van der Waals surface area (Å²) in [6.07, 6.45) is 0.387. The van der Waals surface area contributed by atoms with E-state index in [-0.39, 0.29) is 17.9 Å². The first kappa shape index (κ1) is 28.9. The van der Waals surface area contributed by atoms with E-state index in [1.54, 1.807) is 0 Å². The number of halogens is 3. The first-order valence-electron chi connectivity index (χ1n) is 12.1. The molecule has 0 aromatic heterocycles. The lowest BCUT2D eigenvalue weighted by atomic mass is 9.78. The molecule has 0 aliphatic carbocycles. The molecule has 36 heavy (non-hydrogen) atoms. The highest BCUT2D eigenvalue weighted by Crippen LogP contribution is 2.40. The summed E-state index contributed by atoms with van der Waals surface area (Å²) >= 11 is 18.9. The monoisotopic (exact) mass is 557 g/mol. The van der Waals surface area contributed by atoms with E-state index in [1.165, 1.54) is 6.92 Å². The van der Waals surface area contributed by atoms with Crippen molar-refractivity contribution in [1.29, 1.82) is 0 Å². The summed E-state index contributed by atoms with van der Waals surface area (Å²) in [5, 5.41) is 0.754. The molecule has 0 N–H and O–H groups in total. The number of carbonyl (C=O) groups is 1. The van der Waals surface area contributed by atoms with Crippen molar-refractivity contribution in [2.24, 2.45) is 0 Å². The fraction of sp³-hybridized carbons (Fsp3) is 0.519. The van der Waals surface area contributed by atoms with Gasteiger partial charge in [-0.1, -0.05) is 49.2 Å². The van der Waals surface area contributed by atoms with Crippen LogP contribution < -0.4 is 9.47 Å². The topological polar surface area (TPSA) is 57.2 Å². The standard InChI is InChI=1S/C27H34Cl3NO5/c1-19(32)36-23(17-28)18-35-26-24(29)15-21(16-25(26)30)27(2,3)20-5-7-22(8-6-20)34-12-4-9-31-10-13-33-14-11-31/h5-8,15-16,23H,4,9-14,17-18H2,1-3H3. The highest BCUT2D eigenvalue weighted by molar-refractivity contribution is 6.37. The molecule has 198 valence electrons. The number of rotatable bonds is 12. The number of alkyl halides is 1. The Morgan fingerprint density at radius 2 is 1.69 bits per heavy atom. The van der Waals surface area contributed by atoms with Crippen LogP contribution in [0.3, 0.4) is 0 Å². The van der Waals surface area contributed by atoms with Crippen molar-refractivity contribution >= 4 is 40.8 Å². The minimum absolute atomic E-state index is 0.0547. The lowest BCUT2D eigenvalue weighted by molar-refractivity contribution is -0.146. The predicted molar refractivity (Wildman–Crippen MR) is 144 cm³/mol. The van der Waals surface area contributed by atoms with Crippen LogP contribution in [0.25, 0.3) is 0 Å². The number of carbonyl (C=O) groups excluding carboxylic acids is 1. The van der Waals surface area contributed by atoms with Crippen molar-refractivity contribution in [3.8, 4) is 11.5 Å². The highest BCUT2D eigenvalue weighted by Gasteiger charge is 2.26. The molecule has 1 saturated heterocycles. The zero-order valence-electron chi connectivity index (χ0n) is 21.0. The van der Waals surface area contributed by atoms with Crippen molar-refractivity contribution in [3.05, 3.63) is 57.6 Å². The normalized spacial score (nSPS) is 15.4. The molecule has 6 nitrogen and oxygen atoms in total. The molecule has 2 aromatic rings. The Bertz CT molecular complexity index is 970. The molecule has 1 unspecified atom stereocenters. The van der Waals surface area contributed by atoms with Crippen LogP contribution in [0.1, 0.15) is 38.3 Å². The zero-order chi connectivity index (χ0) is 26.1. The number of ether oxygens (including phenoxy) is 4. The van der Waals surface area contributed by atoms with Crippen molar-refractivity contribution in [2.45, 2.75) is 38.7 Å². The third-order valence-electron chi connectivity index (χ3n) is 6.21. The van der Waals surface area contributed by atoms with Crippen LogP contribution in [0.15, 0.2) is 36.4 Å². The maximum atomic E-state index is 11.2. The lowest BCUT2D eigenvalue weighted by Gasteiger charge is -2.28. The Balaban J connectivity index is 1.60. The Morgan fingerprint density at radius 3 is 2.28 bits per heavy atom. The summed E-state index contributed by atoms with van der Waals surface area (Å²) in [5.74, 6) is 0.856. The van der Waals surface area contributed by atoms with Gasteiger partial charge in [0.05, 0.1) is 35.7 Å². The molecular formula is C27H34Cl3NO5. The first-order chi connectivity index (χ1) is 17.2. The van der Waals surface area contributed by atoms with Gasteiger partial charge >= 0.3 is 5.97 Å². The van der Waals surface area contributed by atoms with Gasteiger partial charge in [-0.25, -0.2) is 0 Å². The van der Waals surface area contributed by atoms with Crippen LogP contribution in [0, 0.1) is 0 Å². The van der Waals surface area contributed by atoms with Crippen LogP contribution in [-0.4, -0.2) is 68.9 Å². The molecule has 1 heterocycles. The fourth-order valence-electron chi connectivity index (χ4n) is 4.02. The number of nitrogens with zero attached hydrogens (tertiary/aromatic N) is 1. The van der Waals surface area contributed by atoms with Crippen LogP contribution in [-0.2, 0) is 19.7 Å². The van der Waals surface area contributed by atoms with E-state index < -0.39 is 12.1 Å². The van der Waals surface area contributed by atoms with Crippen LogP contribution in [0.4, 0.5) is 0 Å². The number of morpholine rings is 1. The van der Waals surface area contributed by atoms with Gasteiger partial charge in [0, 0.05) is 32.0 Å². The van der Waals surface area contributed by atoms with E-state index >= 15 is 0 Å².